The summed E-state index contributed by atoms with van der Waals surface area (Å²) in [5.41, 5.74) is 0. The number of anilines is 1. The molecular formula is C23H38Cl2N6O. The Kier molecular flexibility index (Phi) is 9.26. The van der Waals surface area contributed by atoms with E-state index in [1.807, 2.05) is 4.52 Å². The largest absolute Gasteiger partial charge is 0.477 e. The van der Waals surface area contributed by atoms with Gasteiger partial charge in [0.25, 0.3) is 5.78 Å². The van der Waals surface area contributed by atoms with Crippen LogP contribution in [0.4, 0.5) is 5.82 Å². The van der Waals surface area contributed by atoms with Crippen molar-refractivity contribution in [1.82, 2.24) is 24.5 Å². The quantitative estimate of drug-likeness (QED) is 0.611. The lowest BCUT2D eigenvalue weighted by Gasteiger charge is -2.33. The fourth-order valence-corrected chi connectivity index (χ4v) is 5.27. The summed E-state index contributed by atoms with van der Waals surface area (Å²) in [6.45, 7) is 4.89. The number of nitrogens with zero attached hydrogens (tertiary/aromatic N) is 6. The number of hydrogen-bond acceptors (Lipinski definition) is 6. The number of hydrogen-bond donors (Lipinski definition) is 0. The zero-order chi connectivity index (χ0) is 20.3. The standard InChI is InChI=1S/C23H36N6O.2ClH/c1-27-12-14-28(15-13-27)21-16-20(30-17-18-8-4-2-5-9-18)24-23-25-22(26-29(21)23)19-10-6-3-7-11-19;;/h16,18-19H,2-15,17H2,1H3;2*1H. The van der Waals surface area contributed by atoms with E-state index < -0.39 is 0 Å². The number of likely N-dealkylation sites (N-methyl/N-ethyl adjacent to an activating group) is 1. The Morgan fingerprint density at radius 3 is 2.22 bits per heavy atom. The third kappa shape index (κ3) is 5.78. The van der Waals surface area contributed by atoms with Crippen molar-refractivity contribution < 1.29 is 4.74 Å². The summed E-state index contributed by atoms with van der Waals surface area (Å²) in [5.74, 6) is 4.62. The Morgan fingerprint density at radius 2 is 1.53 bits per heavy atom. The first-order chi connectivity index (χ1) is 14.8. The third-order valence-corrected chi connectivity index (χ3v) is 7.28. The number of aromatic nitrogens is 4. The van der Waals surface area contributed by atoms with Gasteiger partial charge in [0, 0.05) is 38.2 Å². The minimum absolute atomic E-state index is 0. The topological polar surface area (TPSA) is 58.8 Å². The van der Waals surface area contributed by atoms with Gasteiger partial charge in [0.1, 0.15) is 5.82 Å². The lowest BCUT2D eigenvalue weighted by molar-refractivity contribution is 0.203. The molecule has 0 atom stereocenters. The van der Waals surface area contributed by atoms with Gasteiger partial charge in [-0.15, -0.1) is 29.9 Å². The molecule has 5 rings (SSSR count). The Labute approximate surface area is 204 Å². The van der Waals surface area contributed by atoms with Gasteiger partial charge in [0.15, 0.2) is 5.82 Å². The van der Waals surface area contributed by atoms with E-state index in [1.54, 1.807) is 0 Å². The predicted octanol–water partition coefficient (Wildman–Crippen LogP) is 4.73. The molecule has 1 aliphatic heterocycles. The molecule has 9 heteroatoms. The highest BCUT2D eigenvalue weighted by Gasteiger charge is 2.24. The van der Waals surface area contributed by atoms with Crippen LogP contribution in [-0.2, 0) is 0 Å². The second-order valence-electron chi connectivity index (χ2n) is 9.57. The van der Waals surface area contributed by atoms with Gasteiger partial charge in [-0.3, -0.25) is 0 Å². The Balaban J connectivity index is 0.00000144. The molecule has 7 nitrogen and oxygen atoms in total. The Morgan fingerprint density at radius 1 is 0.875 bits per heavy atom. The minimum atomic E-state index is 0. The summed E-state index contributed by atoms with van der Waals surface area (Å²) in [6, 6.07) is 2.10. The van der Waals surface area contributed by atoms with Crippen LogP contribution < -0.4 is 9.64 Å². The molecule has 2 aromatic rings. The summed E-state index contributed by atoms with van der Waals surface area (Å²) in [7, 11) is 2.19. The van der Waals surface area contributed by atoms with Crippen molar-refractivity contribution >= 4 is 36.4 Å². The number of ether oxygens (including phenoxy) is 1. The fourth-order valence-electron chi connectivity index (χ4n) is 5.27. The van der Waals surface area contributed by atoms with Crippen molar-refractivity contribution in [2.45, 2.75) is 70.1 Å². The molecule has 0 radical (unpaired) electrons. The molecule has 32 heavy (non-hydrogen) atoms. The number of rotatable bonds is 5. The maximum atomic E-state index is 6.23. The van der Waals surface area contributed by atoms with Crippen LogP contribution in [0.3, 0.4) is 0 Å². The zero-order valence-electron chi connectivity index (χ0n) is 19.2. The Bertz CT molecular complexity index is 842. The van der Waals surface area contributed by atoms with Gasteiger partial charge >= 0.3 is 0 Å². The van der Waals surface area contributed by atoms with Gasteiger partial charge in [-0.2, -0.15) is 14.5 Å². The molecule has 0 amide bonds. The van der Waals surface area contributed by atoms with E-state index in [2.05, 4.69) is 22.9 Å². The molecule has 2 saturated carbocycles. The first-order valence-corrected chi connectivity index (χ1v) is 12.1. The van der Waals surface area contributed by atoms with E-state index in [1.165, 1.54) is 64.2 Å². The van der Waals surface area contributed by atoms with Crippen LogP contribution in [-0.4, -0.2) is 64.3 Å². The molecule has 2 aliphatic carbocycles. The molecule has 180 valence electrons. The summed E-state index contributed by atoms with van der Waals surface area (Å²) in [4.78, 5) is 14.5. The summed E-state index contributed by atoms with van der Waals surface area (Å²) < 4.78 is 8.21. The fraction of sp³-hybridized carbons (Fsp3) is 0.783. The highest BCUT2D eigenvalue weighted by atomic mass is 35.5. The molecule has 0 bridgehead atoms. The van der Waals surface area contributed by atoms with Crippen LogP contribution in [0.1, 0.15) is 76.0 Å². The minimum Gasteiger partial charge on any atom is -0.477 e. The monoisotopic (exact) mass is 484 g/mol. The summed E-state index contributed by atoms with van der Waals surface area (Å²) in [6.07, 6.45) is 12.9. The van der Waals surface area contributed by atoms with E-state index in [0.717, 1.165) is 44.4 Å². The molecule has 3 fully saturated rings. The van der Waals surface area contributed by atoms with E-state index in [9.17, 15) is 0 Å². The third-order valence-electron chi connectivity index (χ3n) is 7.28. The van der Waals surface area contributed by atoms with Crippen molar-refractivity contribution in [3.05, 3.63) is 11.9 Å². The van der Waals surface area contributed by atoms with Crippen LogP contribution in [0, 0.1) is 5.92 Å². The average Bonchev–Trinajstić information content (AvgIpc) is 3.23. The normalized spacial score (nSPS) is 21.2. The predicted molar refractivity (Wildman–Crippen MR) is 133 cm³/mol. The van der Waals surface area contributed by atoms with E-state index >= 15 is 0 Å². The van der Waals surface area contributed by atoms with Gasteiger partial charge in [-0.1, -0.05) is 38.5 Å². The van der Waals surface area contributed by atoms with Crippen molar-refractivity contribution in [2.24, 2.45) is 5.92 Å². The van der Waals surface area contributed by atoms with Crippen molar-refractivity contribution in [3.8, 4) is 5.88 Å². The number of halogens is 2. The highest BCUT2D eigenvalue weighted by Crippen LogP contribution is 2.32. The summed E-state index contributed by atoms with van der Waals surface area (Å²) >= 11 is 0. The van der Waals surface area contributed by atoms with Gasteiger partial charge < -0.3 is 14.5 Å². The first-order valence-electron chi connectivity index (χ1n) is 12.1. The van der Waals surface area contributed by atoms with Gasteiger partial charge in [0.2, 0.25) is 5.88 Å². The lowest BCUT2D eigenvalue weighted by atomic mass is 9.89. The smallest absolute Gasteiger partial charge is 0.257 e. The van der Waals surface area contributed by atoms with Crippen molar-refractivity contribution in [2.75, 3.05) is 44.7 Å². The molecule has 2 aromatic heterocycles. The molecule has 0 N–H and O–H groups in total. The van der Waals surface area contributed by atoms with E-state index in [-0.39, 0.29) is 24.8 Å². The van der Waals surface area contributed by atoms with Crippen LogP contribution in [0.5, 0.6) is 5.88 Å². The second kappa shape index (κ2) is 11.7. The van der Waals surface area contributed by atoms with Crippen LogP contribution >= 0.6 is 24.8 Å². The maximum absolute atomic E-state index is 6.23. The van der Waals surface area contributed by atoms with Crippen molar-refractivity contribution in [3.63, 3.8) is 0 Å². The zero-order valence-corrected chi connectivity index (χ0v) is 20.9. The number of piperazine rings is 1. The second-order valence-corrected chi connectivity index (χ2v) is 9.57. The maximum Gasteiger partial charge on any atom is 0.257 e. The average molecular weight is 486 g/mol. The van der Waals surface area contributed by atoms with Crippen LogP contribution in [0.15, 0.2) is 6.07 Å². The first kappa shape index (κ1) is 25.3. The molecule has 1 saturated heterocycles. The Hall–Kier alpha value is -1.31. The van der Waals surface area contributed by atoms with Gasteiger partial charge in [0.05, 0.1) is 6.61 Å². The highest BCUT2D eigenvalue weighted by molar-refractivity contribution is 5.85. The van der Waals surface area contributed by atoms with E-state index in [4.69, 9.17) is 19.8 Å². The van der Waals surface area contributed by atoms with Gasteiger partial charge in [-0.25, -0.2) is 0 Å². The molecular weight excluding hydrogens is 447 g/mol. The SMILES string of the molecule is CN1CCN(c2cc(OCC3CCCCC3)nc3nc(C4CCCCC4)nn23)CC1.Cl.Cl. The number of fused-ring (bicyclic) bond motifs is 1. The molecule has 0 spiro atoms. The lowest BCUT2D eigenvalue weighted by Crippen LogP contribution is -2.45. The van der Waals surface area contributed by atoms with Crippen molar-refractivity contribution in [1.29, 1.82) is 0 Å². The molecule has 0 unspecified atom stereocenters. The van der Waals surface area contributed by atoms with Crippen LogP contribution in [0.25, 0.3) is 5.78 Å². The van der Waals surface area contributed by atoms with Gasteiger partial charge in [-0.05, 0) is 38.6 Å². The molecule has 3 aliphatic rings. The summed E-state index contributed by atoms with van der Waals surface area (Å²) in [5, 5.41) is 4.95. The van der Waals surface area contributed by atoms with Crippen LogP contribution in [0.2, 0.25) is 0 Å². The molecule has 0 aromatic carbocycles. The molecule has 3 heterocycles. The van der Waals surface area contributed by atoms with E-state index in [0.29, 0.717) is 23.5 Å².